The lowest BCUT2D eigenvalue weighted by atomic mass is 10.3. The highest BCUT2D eigenvalue weighted by Crippen LogP contribution is 2.24. The van der Waals surface area contributed by atoms with Gasteiger partial charge in [0.1, 0.15) is 5.03 Å². The number of nitrogens with zero attached hydrogens (tertiary/aromatic N) is 3. The Morgan fingerprint density at radius 2 is 2.27 bits per heavy atom. The van der Waals surface area contributed by atoms with E-state index in [2.05, 4.69) is 10.1 Å². The molecule has 0 aliphatic heterocycles. The van der Waals surface area contributed by atoms with E-state index in [1.165, 1.54) is 11.8 Å². The number of rotatable bonds is 3. The zero-order chi connectivity index (χ0) is 10.7. The summed E-state index contributed by atoms with van der Waals surface area (Å²) in [5, 5.41) is 4.91. The minimum atomic E-state index is 0.588. The van der Waals surface area contributed by atoms with Crippen molar-refractivity contribution in [3.8, 4) is 0 Å². The molecule has 0 radical (unpaired) electrons. The van der Waals surface area contributed by atoms with Gasteiger partial charge in [0.05, 0.1) is 11.1 Å². The van der Waals surface area contributed by atoms with Gasteiger partial charge in [-0.1, -0.05) is 11.8 Å². The quantitative estimate of drug-likeness (QED) is 0.738. The van der Waals surface area contributed by atoms with E-state index in [1.807, 2.05) is 19.3 Å². The van der Waals surface area contributed by atoms with E-state index >= 15 is 0 Å². The van der Waals surface area contributed by atoms with E-state index in [9.17, 15) is 4.79 Å². The van der Waals surface area contributed by atoms with Gasteiger partial charge >= 0.3 is 0 Å². The summed E-state index contributed by atoms with van der Waals surface area (Å²) >= 11 is 1.52. The van der Waals surface area contributed by atoms with Gasteiger partial charge in [0, 0.05) is 25.0 Å². The van der Waals surface area contributed by atoms with Gasteiger partial charge in [-0.2, -0.15) is 5.10 Å². The van der Waals surface area contributed by atoms with Crippen molar-refractivity contribution in [1.82, 2.24) is 14.8 Å². The van der Waals surface area contributed by atoms with E-state index in [4.69, 9.17) is 0 Å². The van der Waals surface area contributed by atoms with Crippen LogP contribution in [0.25, 0.3) is 0 Å². The molecule has 5 heteroatoms. The fraction of sp³-hybridized carbons (Fsp3) is 0.100. The topological polar surface area (TPSA) is 47.8 Å². The number of carbonyl (C=O) groups is 1. The molecule has 2 aromatic heterocycles. The highest BCUT2D eigenvalue weighted by atomic mass is 32.2. The lowest BCUT2D eigenvalue weighted by Crippen LogP contribution is -1.84. The molecule has 0 spiro atoms. The Kier molecular flexibility index (Phi) is 2.82. The van der Waals surface area contributed by atoms with Crippen molar-refractivity contribution in [2.24, 2.45) is 7.05 Å². The highest BCUT2D eigenvalue weighted by Gasteiger charge is 2.00. The molecule has 76 valence electrons. The summed E-state index contributed by atoms with van der Waals surface area (Å²) in [6.45, 7) is 0. The summed E-state index contributed by atoms with van der Waals surface area (Å²) < 4.78 is 1.74. The van der Waals surface area contributed by atoms with Crippen molar-refractivity contribution in [3.63, 3.8) is 0 Å². The largest absolute Gasteiger partial charge is 0.298 e. The first kappa shape index (κ1) is 9.92. The number of pyridine rings is 1. The van der Waals surface area contributed by atoms with Crippen LogP contribution in [0.15, 0.2) is 40.6 Å². The molecule has 0 saturated carbocycles. The summed E-state index contributed by atoms with van der Waals surface area (Å²) in [4.78, 5) is 15.6. The molecule has 0 aliphatic carbocycles. The van der Waals surface area contributed by atoms with Crippen LogP contribution in [-0.2, 0) is 7.05 Å². The Morgan fingerprint density at radius 3 is 2.80 bits per heavy atom. The molecule has 15 heavy (non-hydrogen) atoms. The summed E-state index contributed by atoms with van der Waals surface area (Å²) in [7, 11) is 1.87. The maximum atomic E-state index is 10.4. The van der Waals surface area contributed by atoms with E-state index in [0.717, 1.165) is 16.2 Å². The lowest BCUT2D eigenvalue weighted by molar-refractivity contribution is 0.112. The summed E-state index contributed by atoms with van der Waals surface area (Å²) in [6, 6.07) is 3.57. The molecule has 0 unspecified atom stereocenters. The second kappa shape index (κ2) is 4.27. The average Bonchev–Trinajstić information content (AvgIpc) is 2.65. The summed E-state index contributed by atoms with van der Waals surface area (Å²) in [5.41, 5.74) is 0.588. The van der Waals surface area contributed by atoms with Gasteiger partial charge < -0.3 is 0 Å². The van der Waals surface area contributed by atoms with Gasteiger partial charge in [0.2, 0.25) is 0 Å². The van der Waals surface area contributed by atoms with E-state index in [1.54, 1.807) is 23.1 Å². The number of aromatic nitrogens is 3. The number of aryl methyl sites for hydroxylation is 1. The van der Waals surface area contributed by atoms with Crippen LogP contribution in [0.4, 0.5) is 0 Å². The summed E-state index contributed by atoms with van der Waals surface area (Å²) in [5.74, 6) is 0. The van der Waals surface area contributed by atoms with E-state index in [-0.39, 0.29) is 0 Å². The Bertz CT molecular complexity index is 464. The monoisotopic (exact) mass is 219 g/mol. The SMILES string of the molecule is Cn1cc(Sc2ccc(C=O)cn2)cn1. The molecule has 0 N–H and O–H groups in total. The molecule has 0 atom stereocenters. The van der Waals surface area contributed by atoms with Crippen LogP contribution in [0.2, 0.25) is 0 Å². The molecule has 2 heterocycles. The Balaban J connectivity index is 2.14. The van der Waals surface area contributed by atoms with Crippen LogP contribution in [0.3, 0.4) is 0 Å². The standard InChI is InChI=1S/C10H9N3OS/c1-13-6-9(5-12-13)15-10-3-2-8(7-14)4-11-10/h2-7H,1H3. The van der Waals surface area contributed by atoms with E-state index in [0.29, 0.717) is 5.56 Å². The normalized spacial score (nSPS) is 10.2. The number of hydrogen-bond donors (Lipinski definition) is 0. The lowest BCUT2D eigenvalue weighted by Gasteiger charge is -1.96. The Hall–Kier alpha value is -1.62. The van der Waals surface area contributed by atoms with Crippen LogP contribution in [-0.4, -0.2) is 21.1 Å². The maximum absolute atomic E-state index is 10.4. The molecule has 0 amide bonds. The van der Waals surface area contributed by atoms with Crippen molar-refractivity contribution in [3.05, 3.63) is 36.3 Å². The maximum Gasteiger partial charge on any atom is 0.151 e. The molecular weight excluding hydrogens is 210 g/mol. The van der Waals surface area contributed by atoms with Crippen molar-refractivity contribution in [2.45, 2.75) is 9.92 Å². The van der Waals surface area contributed by atoms with Gasteiger partial charge in [0.25, 0.3) is 0 Å². The third kappa shape index (κ3) is 2.44. The number of hydrogen-bond acceptors (Lipinski definition) is 4. The third-order valence-corrected chi connectivity index (χ3v) is 2.70. The zero-order valence-corrected chi connectivity index (χ0v) is 8.94. The average molecular weight is 219 g/mol. The molecule has 2 rings (SSSR count). The van der Waals surface area contributed by atoms with Crippen molar-refractivity contribution < 1.29 is 4.79 Å². The number of aldehydes is 1. The van der Waals surface area contributed by atoms with Crippen molar-refractivity contribution in [1.29, 1.82) is 0 Å². The van der Waals surface area contributed by atoms with Crippen LogP contribution in [0, 0.1) is 0 Å². The van der Waals surface area contributed by atoms with Gasteiger partial charge in [-0.05, 0) is 12.1 Å². The van der Waals surface area contributed by atoms with Gasteiger partial charge in [-0.3, -0.25) is 9.48 Å². The highest BCUT2D eigenvalue weighted by molar-refractivity contribution is 7.99. The molecule has 0 saturated heterocycles. The zero-order valence-electron chi connectivity index (χ0n) is 8.12. The molecule has 2 aromatic rings. The smallest absolute Gasteiger partial charge is 0.151 e. The molecular formula is C10H9N3OS. The predicted molar refractivity (Wildman–Crippen MR) is 57.0 cm³/mol. The van der Waals surface area contributed by atoms with Gasteiger partial charge in [0.15, 0.2) is 6.29 Å². The minimum absolute atomic E-state index is 0.588. The van der Waals surface area contributed by atoms with Crippen molar-refractivity contribution in [2.75, 3.05) is 0 Å². The second-order valence-electron chi connectivity index (χ2n) is 3.00. The Morgan fingerprint density at radius 1 is 1.40 bits per heavy atom. The molecule has 0 fully saturated rings. The van der Waals surface area contributed by atoms with Gasteiger partial charge in [-0.25, -0.2) is 4.98 Å². The first-order chi connectivity index (χ1) is 7.28. The van der Waals surface area contributed by atoms with Gasteiger partial charge in [-0.15, -0.1) is 0 Å². The second-order valence-corrected chi connectivity index (χ2v) is 4.09. The summed E-state index contributed by atoms with van der Waals surface area (Å²) in [6.07, 6.45) is 6.04. The van der Waals surface area contributed by atoms with Crippen LogP contribution >= 0.6 is 11.8 Å². The molecule has 4 nitrogen and oxygen atoms in total. The molecule has 0 bridgehead atoms. The fourth-order valence-electron chi connectivity index (χ4n) is 1.09. The van der Waals surface area contributed by atoms with Crippen LogP contribution in [0.1, 0.15) is 10.4 Å². The van der Waals surface area contributed by atoms with Crippen molar-refractivity contribution >= 4 is 18.0 Å². The van der Waals surface area contributed by atoms with E-state index < -0.39 is 0 Å². The predicted octanol–water partition coefficient (Wildman–Crippen LogP) is 1.78. The number of carbonyl (C=O) groups excluding carboxylic acids is 1. The first-order valence-corrected chi connectivity index (χ1v) is 5.17. The fourth-order valence-corrected chi connectivity index (χ4v) is 1.88. The minimum Gasteiger partial charge on any atom is -0.298 e. The first-order valence-electron chi connectivity index (χ1n) is 4.35. The Labute approximate surface area is 91.3 Å². The molecule has 0 aromatic carbocycles. The molecule has 0 aliphatic rings. The van der Waals surface area contributed by atoms with Crippen LogP contribution < -0.4 is 0 Å². The van der Waals surface area contributed by atoms with Crippen LogP contribution in [0.5, 0.6) is 0 Å². The third-order valence-electron chi connectivity index (χ3n) is 1.80.